The number of aliphatic hydroxyl groups is 2. The van der Waals surface area contributed by atoms with Crippen LogP contribution >= 0.6 is 0 Å². The number of carbonyl (C=O) groups excluding carboxylic acids is 1. The largest absolute Gasteiger partial charge is 0.743 e. The van der Waals surface area contributed by atoms with Gasteiger partial charge in [-0.2, -0.15) is 8.78 Å². The Morgan fingerprint density at radius 2 is 1.72 bits per heavy atom. The van der Waals surface area contributed by atoms with Gasteiger partial charge in [0.2, 0.25) is 0 Å². The van der Waals surface area contributed by atoms with Crippen LogP contribution in [-0.2, 0) is 24.4 Å². The van der Waals surface area contributed by atoms with Gasteiger partial charge in [-0.15, -0.1) is 0 Å². The molecule has 0 aromatic heterocycles. The molecule has 29 heavy (non-hydrogen) atoms. The van der Waals surface area contributed by atoms with Gasteiger partial charge in [0.1, 0.15) is 0 Å². The van der Waals surface area contributed by atoms with Crippen molar-refractivity contribution in [1.29, 1.82) is 0 Å². The number of halogens is 3. The van der Waals surface area contributed by atoms with Crippen LogP contribution in [-0.4, -0.2) is 70.6 Å². The molecule has 0 aromatic carbocycles. The average Bonchev–Trinajstić information content (AvgIpc) is 3.10. The van der Waals surface area contributed by atoms with Gasteiger partial charge in [0.05, 0.1) is 35.9 Å². The van der Waals surface area contributed by atoms with Crippen LogP contribution in [0.2, 0.25) is 0 Å². The number of hydrogen-bond acceptors (Lipinski definition) is 8. The van der Waals surface area contributed by atoms with Crippen molar-refractivity contribution in [3.05, 3.63) is 0 Å². The number of fused-ring (bicyclic) bond motifs is 2. The lowest BCUT2D eigenvalue weighted by molar-refractivity contribution is -0.156. The molecule has 0 radical (unpaired) electrons. The fourth-order valence-electron chi connectivity index (χ4n) is 4.40. The molecule has 0 aliphatic carbocycles. The van der Waals surface area contributed by atoms with Crippen LogP contribution in [0.3, 0.4) is 0 Å². The lowest BCUT2D eigenvalue weighted by Crippen LogP contribution is -2.54. The zero-order valence-corrected chi connectivity index (χ0v) is 17.3. The molecule has 2 aliphatic rings. The van der Waals surface area contributed by atoms with Crippen LogP contribution in [0.5, 0.6) is 0 Å². The quantitative estimate of drug-likeness (QED) is 0.415. The van der Waals surface area contributed by atoms with Gasteiger partial charge in [-0.3, -0.25) is 4.79 Å². The third-order valence-corrected chi connectivity index (χ3v) is 6.53. The van der Waals surface area contributed by atoms with Gasteiger partial charge in [-0.1, -0.05) is 0 Å². The molecule has 0 saturated carbocycles. The molecule has 170 valence electrons. The molecule has 2 saturated heterocycles. The standard InChI is InChI=1S/C17H27F3O8S/c1-15(2,22)11-9-7-8(13(28-9)12(11)16(3,4)23)14(21)27-6-5-10(18)17(19,20)29(24,25)26/h8-13,22-23H,5-7H2,1-4H3,(H,24,25,26)/p-1. The smallest absolute Gasteiger partial charge is 0.364 e. The van der Waals surface area contributed by atoms with Crippen molar-refractivity contribution in [2.24, 2.45) is 17.8 Å². The van der Waals surface area contributed by atoms with Crippen molar-refractivity contribution in [1.82, 2.24) is 0 Å². The molecule has 2 N–H and O–H groups in total. The first kappa shape index (κ1) is 24.3. The predicted molar refractivity (Wildman–Crippen MR) is 91.5 cm³/mol. The summed E-state index contributed by atoms with van der Waals surface area (Å²) in [6, 6.07) is 0. The number of rotatable bonds is 8. The summed E-state index contributed by atoms with van der Waals surface area (Å²) in [5.74, 6) is -2.83. The molecule has 6 unspecified atom stereocenters. The Kier molecular flexibility index (Phi) is 6.40. The number of esters is 1. The molecule has 0 aromatic rings. The number of carbonyl (C=O) groups is 1. The minimum absolute atomic E-state index is 0.162. The van der Waals surface area contributed by atoms with E-state index in [0.29, 0.717) is 0 Å². The Balaban J connectivity index is 2.02. The van der Waals surface area contributed by atoms with E-state index in [2.05, 4.69) is 0 Å². The van der Waals surface area contributed by atoms with Crippen LogP contribution in [0, 0.1) is 17.8 Å². The van der Waals surface area contributed by atoms with Crippen LogP contribution in [0.4, 0.5) is 13.2 Å². The summed E-state index contributed by atoms with van der Waals surface area (Å²) >= 11 is 0. The minimum atomic E-state index is -6.19. The van der Waals surface area contributed by atoms with Crippen molar-refractivity contribution >= 4 is 16.1 Å². The van der Waals surface area contributed by atoms with Crippen LogP contribution in [0.1, 0.15) is 40.5 Å². The van der Waals surface area contributed by atoms with Crippen molar-refractivity contribution in [2.45, 2.75) is 75.4 Å². The zero-order chi connectivity index (χ0) is 22.6. The highest BCUT2D eigenvalue weighted by atomic mass is 32.2. The Bertz CT molecular complexity index is 728. The summed E-state index contributed by atoms with van der Waals surface area (Å²) in [6.45, 7) is 5.31. The Hall–Kier alpha value is -0.950. The van der Waals surface area contributed by atoms with Crippen molar-refractivity contribution in [3.8, 4) is 0 Å². The maximum atomic E-state index is 13.4. The molecule has 2 bridgehead atoms. The summed E-state index contributed by atoms with van der Waals surface area (Å²) in [5.41, 5.74) is -2.51. The normalized spacial score (nSPS) is 31.7. The molecule has 0 amide bonds. The SMILES string of the molecule is CC(C)(O)C1C2CC(C(=O)OCCC(F)C(F)(F)S(=O)(=O)[O-])C(O2)C1C(C)(C)O. The minimum Gasteiger partial charge on any atom is -0.743 e. The summed E-state index contributed by atoms with van der Waals surface area (Å²) in [6.07, 6.45) is -5.68. The molecule has 2 rings (SSSR count). The first-order valence-corrected chi connectivity index (χ1v) is 10.5. The zero-order valence-electron chi connectivity index (χ0n) is 16.5. The summed E-state index contributed by atoms with van der Waals surface area (Å²) < 4.78 is 81.5. The highest BCUT2D eigenvalue weighted by Crippen LogP contribution is 2.54. The summed E-state index contributed by atoms with van der Waals surface area (Å²) in [7, 11) is -6.19. The highest BCUT2D eigenvalue weighted by molar-refractivity contribution is 7.86. The van der Waals surface area contributed by atoms with E-state index < -0.39 is 81.7 Å². The number of hydrogen-bond donors (Lipinski definition) is 2. The highest BCUT2D eigenvalue weighted by Gasteiger charge is 2.63. The fourth-order valence-corrected chi connectivity index (χ4v) is 4.83. The molecule has 6 atom stereocenters. The van der Waals surface area contributed by atoms with E-state index in [1.807, 2.05) is 0 Å². The van der Waals surface area contributed by atoms with Gasteiger partial charge >= 0.3 is 11.2 Å². The fraction of sp³-hybridized carbons (Fsp3) is 0.941. The Morgan fingerprint density at radius 3 is 2.17 bits per heavy atom. The lowest BCUT2D eigenvalue weighted by Gasteiger charge is -2.43. The van der Waals surface area contributed by atoms with Gasteiger partial charge in [0, 0.05) is 18.3 Å². The van der Waals surface area contributed by atoms with E-state index in [-0.39, 0.29) is 6.42 Å². The van der Waals surface area contributed by atoms with Gasteiger partial charge < -0.3 is 24.2 Å². The lowest BCUT2D eigenvalue weighted by atomic mass is 9.63. The molecule has 0 spiro atoms. The molecular weight excluding hydrogens is 421 g/mol. The molecule has 8 nitrogen and oxygen atoms in total. The van der Waals surface area contributed by atoms with E-state index in [1.54, 1.807) is 13.8 Å². The molecule has 12 heteroatoms. The molecular formula is C17H26F3O8S-. The summed E-state index contributed by atoms with van der Waals surface area (Å²) in [4.78, 5) is 12.4. The van der Waals surface area contributed by atoms with Crippen molar-refractivity contribution in [2.75, 3.05) is 6.61 Å². The molecule has 2 fully saturated rings. The first-order chi connectivity index (χ1) is 12.9. The van der Waals surface area contributed by atoms with Crippen LogP contribution in [0.25, 0.3) is 0 Å². The van der Waals surface area contributed by atoms with Gasteiger partial charge in [0.25, 0.3) is 0 Å². The second-order valence-corrected chi connectivity index (χ2v) is 10.2. The first-order valence-electron chi connectivity index (χ1n) is 9.13. The van der Waals surface area contributed by atoms with E-state index >= 15 is 0 Å². The number of ether oxygens (including phenoxy) is 2. The molecule has 2 aliphatic heterocycles. The second kappa shape index (κ2) is 7.63. The van der Waals surface area contributed by atoms with Crippen molar-refractivity contribution in [3.63, 3.8) is 0 Å². The maximum Gasteiger partial charge on any atom is 0.364 e. The second-order valence-electron chi connectivity index (χ2n) is 8.78. The monoisotopic (exact) mass is 447 g/mol. The Morgan fingerprint density at radius 1 is 1.21 bits per heavy atom. The average molecular weight is 447 g/mol. The van der Waals surface area contributed by atoms with Crippen molar-refractivity contribution < 1.29 is 50.6 Å². The van der Waals surface area contributed by atoms with E-state index in [4.69, 9.17) is 9.47 Å². The summed E-state index contributed by atoms with van der Waals surface area (Å²) in [5, 5.41) is 15.8. The van der Waals surface area contributed by atoms with Gasteiger partial charge in [-0.25, -0.2) is 12.8 Å². The third kappa shape index (κ3) is 4.71. The topological polar surface area (TPSA) is 133 Å². The van der Waals surface area contributed by atoms with E-state index in [9.17, 15) is 41.1 Å². The van der Waals surface area contributed by atoms with Crippen LogP contribution in [0.15, 0.2) is 0 Å². The maximum absolute atomic E-state index is 13.4. The van der Waals surface area contributed by atoms with Gasteiger partial charge in [-0.05, 0) is 34.1 Å². The predicted octanol–water partition coefficient (Wildman–Crippen LogP) is 0.957. The van der Waals surface area contributed by atoms with Gasteiger partial charge in [0.15, 0.2) is 16.3 Å². The van der Waals surface area contributed by atoms with Crippen LogP contribution < -0.4 is 0 Å². The number of alkyl halides is 3. The Labute approximate surface area is 167 Å². The van der Waals surface area contributed by atoms with E-state index in [1.165, 1.54) is 13.8 Å². The third-order valence-electron chi connectivity index (χ3n) is 5.60. The molecule has 2 heterocycles. The van der Waals surface area contributed by atoms with E-state index in [0.717, 1.165) is 0 Å².